The lowest BCUT2D eigenvalue weighted by molar-refractivity contribution is -0.160. The first-order chi connectivity index (χ1) is 25.9. The average Bonchev–Trinajstić information content (AvgIpc) is 4.13. The number of benzene rings is 2. The third-order valence-electron chi connectivity index (χ3n) is 10.9. The van der Waals surface area contributed by atoms with Crippen LogP contribution in [0.5, 0.6) is 5.75 Å². The van der Waals surface area contributed by atoms with E-state index in [0.717, 1.165) is 71.1 Å². The number of aryl methyl sites for hydroxylation is 1. The van der Waals surface area contributed by atoms with Gasteiger partial charge >= 0.3 is 0 Å². The monoisotopic (exact) mass is 802 g/mol. The number of aliphatic hydroxyl groups is 5. The molecule has 0 unspecified atom stereocenters. The number of sulfone groups is 1. The van der Waals surface area contributed by atoms with Gasteiger partial charge in [-0.3, -0.25) is 9.78 Å². The minimum absolute atomic E-state index is 0.0228. The summed E-state index contributed by atoms with van der Waals surface area (Å²) >= 11 is 8.41. The summed E-state index contributed by atoms with van der Waals surface area (Å²) in [5, 5.41) is 50.7. The van der Waals surface area contributed by atoms with Crippen molar-refractivity contribution in [2.24, 2.45) is 0 Å². The fraction of sp³-hybridized carbons (Fsp3) is 0.550. The van der Waals surface area contributed by atoms with E-state index in [1.165, 1.54) is 16.0 Å². The number of nitrogens with zero attached hydrogens (tertiary/aromatic N) is 2. The molecule has 2 heterocycles. The second-order valence-corrected chi connectivity index (χ2v) is 18.8. The molecule has 54 heavy (non-hydrogen) atoms. The van der Waals surface area contributed by atoms with E-state index in [1.807, 2.05) is 30.6 Å². The molecule has 1 amide bonds. The largest absolute Gasteiger partial charge is 0.490 e. The standard InChI is InChI=1S/C40H51ClN2O9S2/c41-33-10-9-29(53-20-4-3-19-43(27-13-21-54(50,51)22-14-27)39(49)38(48)37(47)36(46)34(45)25-44)23-26(33)11-15-40(16-17-40)32-24-42-18-12-30(32)31-5-1-2-6-35(31)52-28-7-8-28/h1-2,5-6,9-10,12,18,23-24,27-28,34,36-38,44-48H,3-4,7-8,11,13-17,19-22,25H2/t34-,36+,37-,38-/m0/s1. The van der Waals surface area contributed by atoms with Gasteiger partial charge in [0, 0.05) is 40.5 Å². The van der Waals surface area contributed by atoms with Crippen molar-refractivity contribution in [3.8, 4) is 16.9 Å². The highest BCUT2D eigenvalue weighted by Crippen LogP contribution is 2.55. The molecule has 1 aliphatic heterocycles. The first-order valence-electron chi connectivity index (χ1n) is 18.9. The summed E-state index contributed by atoms with van der Waals surface area (Å²) in [4.78, 5) is 20.4. The average molecular weight is 803 g/mol. The maximum atomic E-state index is 13.4. The van der Waals surface area contributed by atoms with E-state index < -0.39 is 52.8 Å². The Morgan fingerprint density at radius 1 is 0.981 bits per heavy atom. The van der Waals surface area contributed by atoms with Gasteiger partial charge in [0.15, 0.2) is 6.10 Å². The normalized spacial score (nSPS) is 20.1. The quantitative estimate of drug-likeness (QED) is 0.0862. The molecule has 1 aromatic heterocycles. The molecule has 4 atom stereocenters. The van der Waals surface area contributed by atoms with Crippen LogP contribution >= 0.6 is 23.4 Å². The van der Waals surface area contributed by atoms with E-state index in [2.05, 4.69) is 35.3 Å². The summed E-state index contributed by atoms with van der Waals surface area (Å²) in [5.74, 6) is 0.628. The van der Waals surface area contributed by atoms with Crippen LogP contribution in [-0.2, 0) is 26.5 Å². The number of thioether (sulfide) groups is 1. The van der Waals surface area contributed by atoms with E-state index in [4.69, 9.17) is 21.4 Å². The number of unbranched alkanes of at least 4 members (excludes halogenated alkanes) is 1. The SMILES string of the molecule is O=C([C@@H](O)[C@@H](O)[C@H](O)[C@@H](O)CO)N(CCCCSc1ccc(Cl)c(CCC2(c3cnccc3-c3ccccc3OC3CC3)CC2)c1)C1CCS(=O)(=O)CC1. The molecule has 294 valence electrons. The number of rotatable bonds is 19. The van der Waals surface area contributed by atoms with Gasteiger partial charge in [-0.1, -0.05) is 29.8 Å². The predicted molar refractivity (Wildman–Crippen MR) is 208 cm³/mol. The summed E-state index contributed by atoms with van der Waals surface area (Å²) in [5.41, 5.74) is 4.64. The van der Waals surface area contributed by atoms with Gasteiger partial charge in [0.2, 0.25) is 0 Å². The predicted octanol–water partition coefficient (Wildman–Crippen LogP) is 4.32. The third-order valence-corrected chi connectivity index (χ3v) is 14.1. The fourth-order valence-electron chi connectivity index (χ4n) is 7.30. The number of hydrogen-bond donors (Lipinski definition) is 5. The summed E-state index contributed by atoms with van der Waals surface area (Å²) < 4.78 is 30.4. The zero-order valence-electron chi connectivity index (χ0n) is 30.3. The minimum atomic E-state index is -3.22. The molecule has 3 aromatic rings. The van der Waals surface area contributed by atoms with Crippen molar-refractivity contribution in [3.05, 3.63) is 77.1 Å². The molecule has 11 nitrogen and oxygen atoms in total. The van der Waals surface area contributed by atoms with Crippen molar-refractivity contribution in [2.75, 3.05) is 30.4 Å². The number of para-hydroxylation sites is 1. The maximum Gasteiger partial charge on any atom is 0.254 e. The third kappa shape index (κ3) is 10.2. The Bertz CT molecular complexity index is 1840. The van der Waals surface area contributed by atoms with Crippen LogP contribution in [-0.4, -0.2) is 117 Å². The number of aromatic nitrogens is 1. The van der Waals surface area contributed by atoms with Crippen LogP contribution in [0.4, 0.5) is 0 Å². The summed E-state index contributed by atoms with van der Waals surface area (Å²) in [6.07, 6.45) is 4.17. The Morgan fingerprint density at radius 2 is 1.72 bits per heavy atom. The molecule has 2 aliphatic carbocycles. The number of aliphatic hydroxyl groups excluding tert-OH is 5. The first-order valence-corrected chi connectivity index (χ1v) is 22.1. The molecule has 0 spiro atoms. The Labute approximate surface area is 326 Å². The van der Waals surface area contributed by atoms with Gasteiger partial charge in [0.05, 0.1) is 24.2 Å². The number of carbonyl (C=O) groups excluding carboxylic acids is 1. The Hall–Kier alpha value is -2.75. The molecule has 14 heteroatoms. The lowest BCUT2D eigenvalue weighted by Crippen LogP contribution is -2.55. The second kappa shape index (κ2) is 18.0. The Balaban J connectivity index is 1.05. The summed E-state index contributed by atoms with van der Waals surface area (Å²) in [7, 11) is -3.22. The molecule has 2 saturated carbocycles. The molecule has 5 N–H and O–H groups in total. The van der Waals surface area contributed by atoms with Gasteiger partial charge in [-0.2, -0.15) is 0 Å². The molecule has 2 aromatic carbocycles. The van der Waals surface area contributed by atoms with Gasteiger partial charge < -0.3 is 35.2 Å². The number of halogens is 1. The number of carbonyl (C=O) groups is 1. The Morgan fingerprint density at radius 3 is 2.43 bits per heavy atom. The van der Waals surface area contributed by atoms with E-state index in [9.17, 15) is 33.6 Å². The lowest BCUT2D eigenvalue weighted by atomic mass is 9.85. The molecular formula is C40H51ClN2O9S2. The fourth-order valence-corrected chi connectivity index (χ4v) is 9.95. The zero-order chi connectivity index (χ0) is 38.5. The van der Waals surface area contributed by atoms with Crippen LogP contribution in [0.25, 0.3) is 11.1 Å². The summed E-state index contributed by atoms with van der Waals surface area (Å²) in [6.45, 7) is -0.650. The minimum Gasteiger partial charge on any atom is -0.490 e. The highest BCUT2D eigenvalue weighted by atomic mass is 35.5. The van der Waals surface area contributed by atoms with Crippen molar-refractivity contribution in [3.63, 3.8) is 0 Å². The first kappa shape index (κ1) is 40.9. The van der Waals surface area contributed by atoms with Crippen molar-refractivity contribution in [1.29, 1.82) is 0 Å². The number of hydrogen-bond acceptors (Lipinski definition) is 11. The van der Waals surface area contributed by atoms with Gasteiger partial charge in [-0.05, 0) is 122 Å². The van der Waals surface area contributed by atoms with Crippen LogP contribution in [0.3, 0.4) is 0 Å². The molecule has 0 bridgehead atoms. The highest BCUT2D eigenvalue weighted by Gasteiger charge is 2.46. The number of amides is 1. The van der Waals surface area contributed by atoms with Gasteiger partial charge in [0.1, 0.15) is 33.9 Å². The maximum absolute atomic E-state index is 13.4. The van der Waals surface area contributed by atoms with Crippen molar-refractivity contribution < 1.29 is 43.5 Å². The van der Waals surface area contributed by atoms with Crippen molar-refractivity contribution >= 4 is 39.1 Å². The molecular weight excluding hydrogens is 752 g/mol. The van der Waals surface area contributed by atoms with Crippen molar-refractivity contribution in [2.45, 2.75) is 111 Å². The number of pyridine rings is 1. The van der Waals surface area contributed by atoms with E-state index in [1.54, 1.807) is 11.8 Å². The van der Waals surface area contributed by atoms with E-state index in [-0.39, 0.29) is 36.3 Å². The molecule has 0 radical (unpaired) electrons. The van der Waals surface area contributed by atoms with E-state index in [0.29, 0.717) is 18.9 Å². The van der Waals surface area contributed by atoms with Crippen LogP contribution in [0.2, 0.25) is 5.02 Å². The Kier molecular flexibility index (Phi) is 13.6. The molecule has 3 fully saturated rings. The van der Waals surface area contributed by atoms with Crippen molar-refractivity contribution in [1.82, 2.24) is 9.88 Å². The van der Waals surface area contributed by atoms with Gasteiger partial charge in [-0.15, -0.1) is 11.8 Å². The lowest BCUT2D eigenvalue weighted by Gasteiger charge is -2.37. The van der Waals surface area contributed by atoms with E-state index >= 15 is 0 Å². The topological polar surface area (TPSA) is 178 Å². The highest BCUT2D eigenvalue weighted by molar-refractivity contribution is 7.99. The molecule has 3 aliphatic rings. The smallest absolute Gasteiger partial charge is 0.254 e. The second-order valence-electron chi connectivity index (χ2n) is 14.9. The van der Waals surface area contributed by atoms with Crippen LogP contribution in [0, 0.1) is 0 Å². The number of ether oxygens (including phenoxy) is 1. The van der Waals surface area contributed by atoms with Gasteiger partial charge in [-0.25, -0.2) is 8.42 Å². The summed E-state index contributed by atoms with van der Waals surface area (Å²) in [6, 6.07) is 16.0. The van der Waals surface area contributed by atoms with Crippen LogP contribution in [0.1, 0.15) is 68.9 Å². The van der Waals surface area contributed by atoms with Crippen LogP contribution < -0.4 is 4.74 Å². The molecule has 6 rings (SSSR count). The van der Waals surface area contributed by atoms with Crippen LogP contribution in [0.15, 0.2) is 65.8 Å². The molecule has 1 saturated heterocycles. The zero-order valence-corrected chi connectivity index (χ0v) is 32.7. The van der Waals surface area contributed by atoms with Gasteiger partial charge in [0.25, 0.3) is 5.91 Å².